The van der Waals surface area contributed by atoms with Crippen LogP contribution in [-0.4, -0.2) is 6.54 Å². The summed E-state index contributed by atoms with van der Waals surface area (Å²) in [5.74, 6) is 0. The normalized spacial score (nSPS) is 12.6. The molecule has 1 unspecified atom stereocenters. The van der Waals surface area contributed by atoms with E-state index in [2.05, 4.69) is 47.0 Å². The lowest BCUT2D eigenvalue weighted by Gasteiger charge is -2.18. The minimum atomic E-state index is 0.159. The quantitative estimate of drug-likeness (QED) is 0.601. The molecule has 5 heteroatoms. The molecule has 0 aliphatic heterocycles. The van der Waals surface area contributed by atoms with Crippen molar-refractivity contribution in [2.45, 2.75) is 19.4 Å². The maximum atomic E-state index is 6.23. The van der Waals surface area contributed by atoms with E-state index in [1.165, 1.54) is 10.4 Å². The highest BCUT2D eigenvalue weighted by molar-refractivity contribution is 14.1. The first-order chi connectivity index (χ1) is 9.11. The molecule has 1 N–H and O–H groups in total. The second-order valence-electron chi connectivity index (χ2n) is 4.20. The molecule has 102 valence electrons. The molecule has 1 aromatic heterocycles. The first-order valence-electron chi connectivity index (χ1n) is 6.05. The molecule has 0 radical (unpaired) electrons. The Balaban J connectivity index is 2.33. The van der Waals surface area contributed by atoms with Crippen LogP contribution in [-0.2, 0) is 0 Å². The summed E-state index contributed by atoms with van der Waals surface area (Å²) < 4.78 is 1.89. The van der Waals surface area contributed by atoms with Gasteiger partial charge >= 0.3 is 0 Å². The molecular weight excluding hydrogens is 412 g/mol. The molecule has 2 aromatic rings. The van der Waals surface area contributed by atoms with Crippen molar-refractivity contribution in [3.8, 4) is 0 Å². The first-order valence-corrected chi connectivity index (χ1v) is 8.70. The van der Waals surface area contributed by atoms with Crippen LogP contribution in [0, 0.1) is 3.57 Å². The minimum absolute atomic E-state index is 0.159. The fourth-order valence-electron chi connectivity index (χ4n) is 1.85. The van der Waals surface area contributed by atoms with Crippen LogP contribution in [0.3, 0.4) is 0 Å². The van der Waals surface area contributed by atoms with E-state index in [9.17, 15) is 0 Å². The maximum absolute atomic E-state index is 6.23. The Morgan fingerprint density at radius 2 is 2.05 bits per heavy atom. The van der Waals surface area contributed by atoms with Crippen molar-refractivity contribution < 1.29 is 0 Å². The number of thiophene rings is 1. The van der Waals surface area contributed by atoms with Crippen molar-refractivity contribution in [1.82, 2.24) is 5.32 Å². The van der Waals surface area contributed by atoms with E-state index in [1.54, 1.807) is 11.3 Å². The summed E-state index contributed by atoms with van der Waals surface area (Å²) in [4.78, 5) is 1.22. The number of hydrogen-bond donors (Lipinski definition) is 1. The lowest BCUT2D eigenvalue weighted by molar-refractivity contribution is 0.606. The third kappa shape index (κ3) is 4.08. The Labute approximate surface area is 141 Å². The van der Waals surface area contributed by atoms with Gasteiger partial charge in [-0.3, -0.25) is 0 Å². The molecule has 2 rings (SSSR count). The SMILES string of the molecule is CCCNC(c1ccc(I)c(Cl)c1)c1ccc(Cl)s1. The van der Waals surface area contributed by atoms with E-state index in [0.29, 0.717) is 0 Å². The molecule has 0 saturated carbocycles. The first kappa shape index (κ1) is 15.6. The van der Waals surface area contributed by atoms with Crippen molar-refractivity contribution in [3.63, 3.8) is 0 Å². The summed E-state index contributed by atoms with van der Waals surface area (Å²) >= 11 is 16.1. The summed E-state index contributed by atoms with van der Waals surface area (Å²) in [6, 6.07) is 10.4. The van der Waals surface area contributed by atoms with Crippen molar-refractivity contribution in [2.75, 3.05) is 6.54 Å². The number of rotatable bonds is 5. The average molecular weight is 426 g/mol. The molecule has 0 spiro atoms. The predicted molar refractivity (Wildman–Crippen MR) is 93.6 cm³/mol. The lowest BCUT2D eigenvalue weighted by Crippen LogP contribution is -2.22. The standard InChI is InChI=1S/C14H14Cl2INS/c1-2-7-18-14(12-5-6-13(16)19-12)9-3-4-11(17)10(15)8-9/h3-6,8,14,18H,2,7H2,1H3. The molecule has 1 aromatic carbocycles. The Bertz CT molecular complexity index is 556. The van der Waals surface area contributed by atoms with E-state index < -0.39 is 0 Å². The van der Waals surface area contributed by atoms with Gasteiger partial charge in [0.25, 0.3) is 0 Å². The van der Waals surface area contributed by atoms with E-state index in [0.717, 1.165) is 25.9 Å². The van der Waals surface area contributed by atoms with E-state index in [-0.39, 0.29) is 6.04 Å². The fraction of sp³-hybridized carbons (Fsp3) is 0.286. The molecule has 1 atom stereocenters. The molecule has 0 fully saturated rings. The third-order valence-corrected chi connectivity index (χ3v) is 5.62. The van der Waals surface area contributed by atoms with Crippen LogP contribution in [0.2, 0.25) is 9.36 Å². The number of hydrogen-bond acceptors (Lipinski definition) is 2. The molecule has 0 aliphatic carbocycles. The van der Waals surface area contributed by atoms with Gasteiger partial charge in [-0.05, 0) is 65.4 Å². The zero-order valence-electron chi connectivity index (χ0n) is 10.4. The van der Waals surface area contributed by atoms with Crippen LogP contribution in [0.5, 0.6) is 0 Å². The van der Waals surface area contributed by atoms with Gasteiger partial charge in [0.05, 0.1) is 15.4 Å². The van der Waals surface area contributed by atoms with Crippen LogP contribution in [0.15, 0.2) is 30.3 Å². The highest BCUT2D eigenvalue weighted by Gasteiger charge is 2.16. The van der Waals surface area contributed by atoms with Crippen LogP contribution >= 0.6 is 57.1 Å². The Morgan fingerprint density at radius 1 is 1.26 bits per heavy atom. The summed E-state index contributed by atoms with van der Waals surface area (Å²) in [6.07, 6.45) is 1.09. The van der Waals surface area contributed by atoms with Gasteiger partial charge in [0.2, 0.25) is 0 Å². The van der Waals surface area contributed by atoms with Gasteiger partial charge in [-0.2, -0.15) is 0 Å². The predicted octanol–water partition coefficient (Wildman–Crippen LogP) is 5.75. The highest BCUT2D eigenvalue weighted by atomic mass is 127. The van der Waals surface area contributed by atoms with Crippen molar-refractivity contribution in [1.29, 1.82) is 0 Å². The molecule has 1 heterocycles. The van der Waals surface area contributed by atoms with Gasteiger partial charge in [0.1, 0.15) is 0 Å². The smallest absolute Gasteiger partial charge is 0.0931 e. The molecule has 19 heavy (non-hydrogen) atoms. The van der Waals surface area contributed by atoms with Crippen LogP contribution in [0.1, 0.15) is 29.8 Å². The molecule has 0 amide bonds. The summed E-state index contributed by atoms with van der Waals surface area (Å²) in [7, 11) is 0. The van der Waals surface area contributed by atoms with E-state index >= 15 is 0 Å². The summed E-state index contributed by atoms with van der Waals surface area (Å²) in [5.41, 5.74) is 1.18. The largest absolute Gasteiger partial charge is 0.306 e. The van der Waals surface area contributed by atoms with Crippen molar-refractivity contribution in [3.05, 3.63) is 53.7 Å². The van der Waals surface area contributed by atoms with Crippen LogP contribution < -0.4 is 5.32 Å². The van der Waals surface area contributed by atoms with Crippen LogP contribution in [0.4, 0.5) is 0 Å². The zero-order valence-corrected chi connectivity index (χ0v) is 14.9. The van der Waals surface area contributed by atoms with Gasteiger partial charge in [-0.1, -0.05) is 36.2 Å². The third-order valence-electron chi connectivity index (χ3n) is 2.75. The molecule has 0 saturated heterocycles. The van der Waals surface area contributed by atoms with Gasteiger partial charge in [0.15, 0.2) is 0 Å². The number of nitrogens with one attached hydrogen (secondary N) is 1. The minimum Gasteiger partial charge on any atom is -0.306 e. The van der Waals surface area contributed by atoms with Gasteiger partial charge in [-0.15, -0.1) is 11.3 Å². The fourth-order valence-corrected chi connectivity index (χ4v) is 3.54. The Morgan fingerprint density at radius 3 is 2.63 bits per heavy atom. The number of halogens is 3. The summed E-state index contributed by atoms with van der Waals surface area (Å²) in [5, 5.41) is 4.35. The number of benzene rings is 1. The lowest BCUT2D eigenvalue weighted by atomic mass is 10.1. The summed E-state index contributed by atoms with van der Waals surface area (Å²) in [6.45, 7) is 3.12. The second-order valence-corrected chi connectivity index (χ2v) is 7.52. The highest BCUT2D eigenvalue weighted by Crippen LogP contribution is 2.33. The zero-order chi connectivity index (χ0) is 13.8. The average Bonchev–Trinajstić information content (AvgIpc) is 2.80. The van der Waals surface area contributed by atoms with E-state index in [4.69, 9.17) is 23.2 Å². The molecular formula is C14H14Cl2INS. The Hall–Kier alpha value is 0.190. The van der Waals surface area contributed by atoms with Gasteiger partial charge < -0.3 is 5.32 Å². The van der Waals surface area contributed by atoms with Crippen molar-refractivity contribution >= 4 is 57.1 Å². The van der Waals surface area contributed by atoms with Gasteiger partial charge in [0, 0.05) is 8.45 Å². The van der Waals surface area contributed by atoms with Gasteiger partial charge in [-0.25, -0.2) is 0 Å². The molecule has 0 bridgehead atoms. The Kier molecular flexibility index (Phi) is 5.96. The second kappa shape index (κ2) is 7.27. The monoisotopic (exact) mass is 425 g/mol. The van der Waals surface area contributed by atoms with Crippen molar-refractivity contribution in [2.24, 2.45) is 0 Å². The van der Waals surface area contributed by atoms with Crippen LogP contribution in [0.25, 0.3) is 0 Å². The molecule has 1 nitrogen and oxygen atoms in total. The van der Waals surface area contributed by atoms with E-state index in [1.807, 2.05) is 18.2 Å². The molecule has 0 aliphatic rings. The maximum Gasteiger partial charge on any atom is 0.0931 e. The topological polar surface area (TPSA) is 12.0 Å².